The summed E-state index contributed by atoms with van der Waals surface area (Å²) in [4.78, 5) is 2.13. The Kier molecular flexibility index (Phi) is 9.68. The first-order valence-electron chi connectivity index (χ1n) is 7.98. The lowest BCUT2D eigenvalue weighted by molar-refractivity contribution is 0.284. The second kappa shape index (κ2) is 11.2. The van der Waals surface area contributed by atoms with E-state index in [2.05, 4.69) is 24.3 Å². The van der Waals surface area contributed by atoms with E-state index in [0.29, 0.717) is 29.7 Å². The molecule has 0 radical (unpaired) electrons. The molecule has 0 aliphatic rings. The molecule has 1 N–H and O–H groups in total. The first kappa shape index (κ1) is 21.6. The van der Waals surface area contributed by atoms with Crippen LogP contribution >= 0.6 is 24.0 Å². The van der Waals surface area contributed by atoms with Crippen LogP contribution in [0.1, 0.15) is 11.1 Å². The van der Waals surface area contributed by atoms with Crippen molar-refractivity contribution in [3.05, 3.63) is 58.6 Å². The Hall–Kier alpha value is -1.46. The molecular weight excluding hydrogens is 359 g/mol. The van der Waals surface area contributed by atoms with Crippen molar-refractivity contribution in [3.8, 4) is 11.5 Å². The molecule has 0 aromatic heterocycles. The van der Waals surface area contributed by atoms with Crippen LogP contribution in [0.25, 0.3) is 0 Å². The highest BCUT2D eigenvalue weighted by atomic mass is 35.5. The van der Waals surface area contributed by atoms with Gasteiger partial charge in [0.1, 0.15) is 6.61 Å². The van der Waals surface area contributed by atoms with Gasteiger partial charge in [0.25, 0.3) is 0 Å². The number of hydrogen-bond acceptors (Lipinski definition) is 4. The number of likely N-dealkylation sites (N-methyl/N-ethyl adjacent to an activating group) is 1. The number of methoxy groups -OCH3 is 1. The van der Waals surface area contributed by atoms with Gasteiger partial charge in [-0.25, -0.2) is 0 Å². The van der Waals surface area contributed by atoms with Crippen LogP contribution < -0.4 is 14.8 Å². The standard InChI is InChI=1S/C19H25ClN2O2.ClH/c1-22(2)10-9-21-13-16-11-18(23-3)19(12-17(16)20)24-14-15-7-5-4-6-8-15;/h4-8,11-12,21H,9-10,13-14H2,1-3H3;1H. The molecule has 0 bridgehead atoms. The van der Waals surface area contributed by atoms with Crippen molar-refractivity contribution >= 4 is 24.0 Å². The Balaban J connectivity index is 0.00000312. The van der Waals surface area contributed by atoms with Crippen LogP contribution in [-0.4, -0.2) is 39.2 Å². The van der Waals surface area contributed by atoms with Gasteiger partial charge >= 0.3 is 0 Å². The third-order valence-corrected chi connectivity index (χ3v) is 3.97. The monoisotopic (exact) mass is 384 g/mol. The van der Waals surface area contributed by atoms with Crippen molar-refractivity contribution in [2.45, 2.75) is 13.2 Å². The van der Waals surface area contributed by atoms with Gasteiger partial charge in [0.15, 0.2) is 11.5 Å². The van der Waals surface area contributed by atoms with Crippen molar-refractivity contribution in [2.24, 2.45) is 0 Å². The summed E-state index contributed by atoms with van der Waals surface area (Å²) in [5.41, 5.74) is 2.10. The van der Waals surface area contributed by atoms with E-state index < -0.39 is 0 Å². The summed E-state index contributed by atoms with van der Waals surface area (Å²) in [6, 6.07) is 13.8. The summed E-state index contributed by atoms with van der Waals surface area (Å²) in [5, 5.41) is 4.06. The number of halogens is 2. The third-order valence-electron chi connectivity index (χ3n) is 3.62. The van der Waals surface area contributed by atoms with Gasteiger partial charge in [-0.1, -0.05) is 41.9 Å². The summed E-state index contributed by atoms with van der Waals surface area (Å²) in [7, 11) is 5.75. The summed E-state index contributed by atoms with van der Waals surface area (Å²) >= 11 is 6.40. The maximum Gasteiger partial charge on any atom is 0.163 e. The lowest BCUT2D eigenvalue weighted by Crippen LogP contribution is -2.26. The SMILES string of the molecule is COc1cc(CNCCN(C)C)c(Cl)cc1OCc1ccccc1.Cl. The van der Waals surface area contributed by atoms with Crippen LogP contribution in [0.2, 0.25) is 5.02 Å². The van der Waals surface area contributed by atoms with E-state index in [0.717, 1.165) is 24.2 Å². The Morgan fingerprint density at radius 1 is 1.08 bits per heavy atom. The molecule has 0 fully saturated rings. The first-order valence-corrected chi connectivity index (χ1v) is 8.36. The fraction of sp³-hybridized carbons (Fsp3) is 0.368. The van der Waals surface area contributed by atoms with Crippen LogP contribution in [0.4, 0.5) is 0 Å². The Labute approximate surface area is 161 Å². The predicted octanol–water partition coefficient (Wildman–Crippen LogP) is 4.00. The molecule has 0 aliphatic carbocycles. The van der Waals surface area contributed by atoms with Gasteiger partial charge in [0, 0.05) is 30.7 Å². The largest absolute Gasteiger partial charge is 0.493 e. The summed E-state index contributed by atoms with van der Waals surface area (Å²) in [5.74, 6) is 1.35. The highest BCUT2D eigenvalue weighted by Gasteiger charge is 2.11. The molecule has 0 spiro atoms. The molecule has 0 unspecified atom stereocenters. The number of nitrogens with zero attached hydrogens (tertiary/aromatic N) is 1. The zero-order valence-electron chi connectivity index (χ0n) is 14.9. The molecule has 138 valence electrons. The van der Waals surface area contributed by atoms with Crippen molar-refractivity contribution in [1.82, 2.24) is 10.2 Å². The minimum absolute atomic E-state index is 0. The zero-order valence-corrected chi connectivity index (χ0v) is 16.5. The smallest absolute Gasteiger partial charge is 0.163 e. The van der Waals surface area contributed by atoms with Crippen molar-refractivity contribution in [3.63, 3.8) is 0 Å². The molecule has 2 rings (SSSR count). The predicted molar refractivity (Wildman–Crippen MR) is 106 cm³/mol. The topological polar surface area (TPSA) is 33.7 Å². The number of benzene rings is 2. The molecular formula is C19H26Cl2N2O2. The van der Waals surface area contributed by atoms with Crippen molar-refractivity contribution in [1.29, 1.82) is 0 Å². The van der Waals surface area contributed by atoms with E-state index in [1.165, 1.54) is 0 Å². The van der Waals surface area contributed by atoms with Gasteiger partial charge in [-0.2, -0.15) is 0 Å². The Bertz CT molecular complexity index is 637. The third kappa shape index (κ3) is 7.12. The molecule has 0 saturated carbocycles. The van der Waals surface area contributed by atoms with Gasteiger partial charge < -0.3 is 19.7 Å². The van der Waals surface area contributed by atoms with Crippen LogP contribution in [0.5, 0.6) is 11.5 Å². The first-order chi connectivity index (χ1) is 11.6. The molecule has 6 heteroatoms. The fourth-order valence-corrected chi connectivity index (χ4v) is 2.47. The van der Waals surface area contributed by atoms with E-state index in [1.807, 2.05) is 42.5 Å². The lowest BCUT2D eigenvalue weighted by Gasteiger charge is -2.15. The second-order valence-corrected chi connectivity index (χ2v) is 6.26. The fourth-order valence-electron chi connectivity index (χ4n) is 2.25. The highest BCUT2D eigenvalue weighted by molar-refractivity contribution is 6.31. The molecule has 2 aromatic rings. The van der Waals surface area contributed by atoms with Gasteiger partial charge in [-0.15, -0.1) is 12.4 Å². The molecule has 0 aliphatic heterocycles. The second-order valence-electron chi connectivity index (χ2n) is 5.85. The average Bonchev–Trinajstić information content (AvgIpc) is 2.58. The van der Waals surface area contributed by atoms with Gasteiger partial charge in [0.05, 0.1) is 7.11 Å². The summed E-state index contributed by atoms with van der Waals surface area (Å²) < 4.78 is 11.3. The van der Waals surface area contributed by atoms with E-state index >= 15 is 0 Å². The van der Waals surface area contributed by atoms with Crippen molar-refractivity contribution < 1.29 is 9.47 Å². The normalized spacial score (nSPS) is 10.4. The Morgan fingerprint density at radius 2 is 1.80 bits per heavy atom. The minimum atomic E-state index is 0. The van der Waals surface area contributed by atoms with Crippen LogP contribution in [0.15, 0.2) is 42.5 Å². The summed E-state index contributed by atoms with van der Waals surface area (Å²) in [6.07, 6.45) is 0. The quantitative estimate of drug-likeness (QED) is 0.662. The molecule has 4 nitrogen and oxygen atoms in total. The average molecular weight is 385 g/mol. The van der Waals surface area contributed by atoms with Crippen LogP contribution in [0, 0.1) is 0 Å². The lowest BCUT2D eigenvalue weighted by atomic mass is 10.2. The molecule has 2 aromatic carbocycles. The van der Waals surface area contributed by atoms with E-state index in [9.17, 15) is 0 Å². The molecule has 0 atom stereocenters. The molecule has 0 amide bonds. The minimum Gasteiger partial charge on any atom is -0.493 e. The molecule has 0 heterocycles. The van der Waals surface area contributed by atoms with Gasteiger partial charge in [-0.05, 0) is 31.3 Å². The molecule has 25 heavy (non-hydrogen) atoms. The molecule has 0 saturated heterocycles. The number of rotatable bonds is 9. The maximum atomic E-state index is 6.40. The van der Waals surface area contributed by atoms with Crippen molar-refractivity contribution in [2.75, 3.05) is 34.3 Å². The van der Waals surface area contributed by atoms with E-state index in [-0.39, 0.29) is 12.4 Å². The van der Waals surface area contributed by atoms with Crippen LogP contribution in [0.3, 0.4) is 0 Å². The zero-order chi connectivity index (χ0) is 17.4. The van der Waals surface area contributed by atoms with E-state index in [4.69, 9.17) is 21.1 Å². The number of nitrogens with one attached hydrogen (secondary N) is 1. The highest BCUT2D eigenvalue weighted by Crippen LogP contribution is 2.33. The van der Waals surface area contributed by atoms with Gasteiger partial charge in [0.2, 0.25) is 0 Å². The van der Waals surface area contributed by atoms with Crippen LogP contribution in [-0.2, 0) is 13.2 Å². The van der Waals surface area contributed by atoms with Gasteiger partial charge in [-0.3, -0.25) is 0 Å². The number of ether oxygens (including phenoxy) is 2. The number of hydrogen-bond donors (Lipinski definition) is 1. The maximum absolute atomic E-state index is 6.40. The Morgan fingerprint density at radius 3 is 2.44 bits per heavy atom. The van der Waals surface area contributed by atoms with E-state index in [1.54, 1.807) is 7.11 Å². The summed E-state index contributed by atoms with van der Waals surface area (Å²) in [6.45, 7) is 3.06.